The van der Waals surface area contributed by atoms with Gasteiger partial charge in [-0.25, -0.2) is 9.97 Å². The van der Waals surface area contributed by atoms with E-state index in [0.717, 1.165) is 39.9 Å². The highest BCUT2D eigenvalue weighted by molar-refractivity contribution is 9.10. The number of nitrogens with one attached hydrogen (secondary N) is 1. The van der Waals surface area contributed by atoms with Crippen LogP contribution in [0.4, 0.5) is 0 Å². The molecule has 0 unspecified atom stereocenters. The second-order valence-corrected chi connectivity index (χ2v) is 11.8. The van der Waals surface area contributed by atoms with E-state index in [2.05, 4.69) is 52.0 Å². The zero-order valence-electron chi connectivity index (χ0n) is 22.2. The van der Waals surface area contributed by atoms with Crippen molar-refractivity contribution >= 4 is 65.3 Å². The first-order valence-corrected chi connectivity index (χ1v) is 15.2. The fourth-order valence-electron chi connectivity index (χ4n) is 4.61. The van der Waals surface area contributed by atoms with Crippen LogP contribution in [-0.4, -0.2) is 50.2 Å². The van der Waals surface area contributed by atoms with Crippen LogP contribution >= 0.6 is 43.5 Å². The predicted octanol–water partition coefficient (Wildman–Crippen LogP) is 5.10. The van der Waals surface area contributed by atoms with E-state index in [1.165, 1.54) is 43.3 Å². The number of likely N-dealkylation sites (tertiary alicyclic amines) is 1. The first-order chi connectivity index (χ1) is 18.8. The summed E-state index contributed by atoms with van der Waals surface area (Å²) >= 11 is 12.5. The molecule has 0 bridgehead atoms. The third kappa shape index (κ3) is 7.55. The molecular weight excluding hydrogens is 648 g/mol. The van der Waals surface area contributed by atoms with Crippen LogP contribution in [0.2, 0.25) is 0 Å². The van der Waals surface area contributed by atoms with E-state index in [4.69, 9.17) is 11.6 Å². The molecule has 2 aliphatic heterocycles. The molecule has 8 nitrogen and oxygen atoms in total. The second-order valence-electron chi connectivity index (χ2n) is 9.68. The minimum Gasteiger partial charge on any atom is -0.317 e. The summed E-state index contributed by atoms with van der Waals surface area (Å²) in [6, 6.07) is 11.0. The van der Waals surface area contributed by atoms with E-state index < -0.39 is 0 Å². The summed E-state index contributed by atoms with van der Waals surface area (Å²) in [5.41, 5.74) is 1.41. The van der Waals surface area contributed by atoms with E-state index in [-0.39, 0.29) is 17.0 Å². The van der Waals surface area contributed by atoms with Gasteiger partial charge in [0.15, 0.2) is 0 Å². The van der Waals surface area contributed by atoms with Gasteiger partial charge in [-0.1, -0.05) is 31.9 Å². The van der Waals surface area contributed by atoms with Crippen LogP contribution in [-0.2, 0) is 26.5 Å². The summed E-state index contributed by atoms with van der Waals surface area (Å²) in [5.74, 6) is 1.65. The van der Waals surface area contributed by atoms with Crippen molar-refractivity contribution in [1.82, 2.24) is 29.3 Å². The molecule has 6 rings (SSSR count). The normalized spacial score (nSPS) is 15.2. The molecule has 39 heavy (non-hydrogen) atoms. The fraction of sp³-hybridized carbons (Fsp3) is 0.429. The Bertz CT molecular complexity index is 1550. The Hall–Kier alpha value is -2.11. The van der Waals surface area contributed by atoms with Crippen molar-refractivity contribution in [2.45, 2.75) is 38.1 Å². The molecule has 0 spiro atoms. The zero-order chi connectivity index (χ0) is 27.9. The lowest BCUT2D eigenvalue weighted by atomic mass is 10.2. The summed E-state index contributed by atoms with van der Waals surface area (Å²) in [6.07, 6.45) is 5.26. The van der Waals surface area contributed by atoms with Crippen LogP contribution in [0.5, 0.6) is 0 Å². The zero-order valence-corrected chi connectivity index (χ0v) is 26.1. The number of hydrogen-bond donors (Lipinski definition) is 1. The summed E-state index contributed by atoms with van der Waals surface area (Å²) in [7, 11) is 3.48. The summed E-state index contributed by atoms with van der Waals surface area (Å²) in [5, 5.41) is 4.51. The lowest BCUT2D eigenvalue weighted by Gasteiger charge is -2.16. The average molecular weight is 681 g/mol. The Kier molecular flexibility index (Phi) is 10.7. The van der Waals surface area contributed by atoms with Crippen LogP contribution in [0.3, 0.4) is 0 Å². The van der Waals surface area contributed by atoms with E-state index in [9.17, 15) is 9.59 Å². The van der Waals surface area contributed by atoms with Crippen molar-refractivity contribution in [3.63, 3.8) is 0 Å². The molecule has 0 aliphatic carbocycles. The number of rotatable bonds is 3. The quantitative estimate of drug-likeness (QED) is 0.304. The van der Waals surface area contributed by atoms with Gasteiger partial charge in [0.2, 0.25) is 0 Å². The van der Waals surface area contributed by atoms with Crippen LogP contribution < -0.4 is 16.4 Å². The van der Waals surface area contributed by atoms with Gasteiger partial charge in [0.25, 0.3) is 11.1 Å². The number of fused-ring (bicyclic) bond motifs is 2. The van der Waals surface area contributed by atoms with E-state index in [1.807, 2.05) is 37.4 Å². The van der Waals surface area contributed by atoms with Gasteiger partial charge in [-0.3, -0.25) is 23.6 Å². The highest BCUT2D eigenvalue weighted by Crippen LogP contribution is 2.18. The molecule has 2 aromatic carbocycles. The third-order valence-corrected chi connectivity index (χ3v) is 8.13. The molecule has 2 aliphatic rings. The molecule has 0 radical (unpaired) electrons. The summed E-state index contributed by atoms with van der Waals surface area (Å²) in [4.78, 5) is 35.5. The fourth-order valence-corrected chi connectivity index (χ4v) is 5.54. The third-order valence-electron chi connectivity index (χ3n) is 6.90. The van der Waals surface area contributed by atoms with Gasteiger partial charge in [-0.05, 0) is 88.3 Å². The molecule has 11 heteroatoms. The van der Waals surface area contributed by atoms with E-state index in [0.29, 0.717) is 22.1 Å². The number of hydrogen-bond acceptors (Lipinski definition) is 6. The van der Waals surface area contributed by atoms with Gasteiger partial charge in [-0.15, -0.1) is 11.6 Å². The largest absolute Gasteiger partial charge is 0.317 e. The smallest absolute Gasteiger partial charge is 0.261 e. The van der Waals surface area contributed by atoms with Gasteiger partial charge in [0.05, 0.1) is 34.2 Å². The maximum Gasteiger partial charge on any atom is 0.261 e. The SMILES string of the molecule is C1CCNC1.Cn1c(CCl)nc2cc(Br)ccc2c1=O.Cn1c(CN2CCCC2)nc2cc(Br)ccc2c1=O. The van der Waals surface area contributed by atoms with Gasteiger partial charge >= 0.3 is 0 Å². The molecule has 4 aromatic rings. The van der Waals surface area contributed by atoms with Crippen molar-refractivity contribution in [2.75, 3.05) is 26.2 Å². The number of benzene rings is 2. The molecule has 0 amide bonds. The van der Waals surface area contributed by atoms with Crippen LogP contribution in [0.1, 0.15) is 37.3 Å². The van der Waals surface area contributed by atoms with Gasteiger partial charge in [0.1, 0.15) is 11.6 Å². The predicted molar refractivity (Wildman–Crippen MR) is 166 cm³/mol. The maximum atomic E-state index is 12.3. The van der Waals surface area contributed by atoms with E-state index >= 15 is 0 Å². The van der Waals surface area contributed by atoms with Crippen molar-refractivity contribution in [2.24, 2.45) is 14.1 Å². The first-order valence-electron chi connectivity index (χ1n) is 13.1. The molecule has 1 N–H and O–H groups in total. The van der Waals surface area contributed by atoms with Crippen molar-refractivity contribution < 1.29 is 0 Å². The van der Waals surface area contributed by atoms with Crippen LogP contribution in [0, 0.1) is 0 Å². The lowest BCUT2D eigenvalue weighted by Crippen LogP contribution is -2.28. The Morgan fingerprint density at radius 1 is 0.795 bits per heavy atom. The molecule has 4 heterocycles. The maximum absolute atomic E-state index is 12.3. The molecule has 2 saturated heterocycles. The topological polar surface area (TPSA) is 85.1 Å². The number of halogens is 3. The van der Waals surface area contributed by atoms with Crippen LogP contribution in [0.15, 0.2) is 54.9 Å². The van der Waals surface area contributed by atoms with Crippen molar-refractivity contribution in [3.05, 3.63) is 77.7 Å². The number of aromatic nitrogens is 4. The lowest BCUT2D eigenvalue weighted by molar-refractivity contribution is 0.317. The van der Waals surface area contributed by atoms with Crippen LogP contribution in [0.25, 0.3) is 21.8 Å². The van der Waals surface area contributed by atoms with E-state index in [1.54, 1.807) is 17.7 Å². The Morgan fingerprint density at radius 2 is 1.28 bits per heavy atom. The number of nitrogens with zero attached hydrogens (tertiary/aromatic N) is 5. The highest BCUT2D eigenvalue weighted by atomic mass is 79.9. The monoisotopic (exact) mass is 678 g/mol. The molecular formula is C28H33Br2ClN6O2. The number of alkyl halides is 1. The second kappa shape index (κ2) is 14.0. The van der Waals surface area contributed by atoms with Gasteiger partial charge in [-0.2, -0.15) is 0 Å². The Labute approximate surface area is 249 Å². The summed E-state index contributed by atoms with van der Waals surface area (Å²) in [6.45, 7) is 5.47. The summed E-state index contributed by atoms with van der Waals surface area (Å²) < 4.78 is 5.00. The standard InChI is InChI=1S/C14H16BrN3O.C10H8BrClN2O.C4H9N/c1-17-13(9-18-6-2-3-7-18)16-12-8-10(15)4-5-11(12)14(17)19;1-14-9(5-12)13-8-4-6(11)2-3-7(8)10(14)15;1-2-4-5-3-1/h4-5,8H,2-3,6-7,9H2,1H3;2-4H,5H2,1H3;5H,1-4H2. The highest BCUT2D eigenvalue weighted by Gasteiger charge is 2.16. The van der Waals surface area contributed by atoms with Crippen molar-refractivity contribution in [1.29, 1.82) is 0 Å². The van der Waals surface area contributed by atoms with Gasteiger partial charge in [0, 0.05) is 23.0 Å². The molecule has 2 fully saturated rings. The minimum atomic E-state index is -0.0665. The van der Waals surface area contributed by atoms with Crippen molar-refractivity contribution in [3.8, 4) is 0 Å². The molecule has 0 saturated carbocycles. The Morgan fingerprint density at radius 3 is 1.74 bits per heavy atom. The molecule has 2 aromatic heterocycles. The molecule has 208 valence electrons. The Balaban J connectivity index is 0.000000157. The van der Waals surface area contributed by atoms with Gasteiger partial charge < -0.3 is 5.32 Å². The minimum absolute atomic E-state index is 0.0340. The molecule has 0 atom stereocenters. The average Bonchev–Trinajstić information content (AvgIpc) is 3.67. The first kappa shape index (κ1) is 29.9.